The molecule has 1 fully saturated rings. The molecule has 0 saturated heterocycles. The number of carbonyl (C=O) groups is 1. The molecule has 4 heteroatoms. The first-order valence-electron chi connectivity index (χ1n) is 8.29. The van der Waals surface area contributed by atoms with Crippen LogP contribution >= 0.6 is 0 Å². The van der Waals surface area contributed by atoms with Crippen molar-refractivity contribution in [1.82, 2.24) is 10.2 Å². The molecule has 0 bridgehead atoms. The summed E-state index contributed by atoms with van der Waals surface area (Å²) >= 11 is 0. The highest BCUT2D eigenvalue weighted by Gasteiger charge is 2.39. The van der Waals surface area contributed by atoms with Crippen molar-refractivity contribution in [3.8, 4) is 0 Å². The van der Waals surface area contributed by atoms with E-state index in [2.05, 4.69) is 31.0 Å². The van der Waals surface area contributed by atoms with Gasteiger partial charge in [-0.1, -0.05) is 33.6 Å². The van der Waals surface area contributed by atoms with Crippen LogP contribution in [0, 0.1) is 5.92 Å². The van der Waals surface area contributed by atoms with E-state index in [-0.39, 0.29) is 11.4 Å². The van der Waals surface area contributed by atoms with E-state index in [1.807, 2.05) is 0 Å². The van der Waals surface area contributed by atoms with Gasteiger partial charge < -0.3 is 11.1 Å². The molecule has 4 nitrogen and oxygen atoms in total. The molecule has 1 aliphatic carbocycles. The van der Waals surface area contributed by atoms with Gasteiger partial charge in [-0.2, -0.15) is 0 Å². The smallest absolute Gasteiger partial charge is 0.234 e. The fourth-order valence-electron chi connectivity index (χ4n) is 3.48. The Hall–Kier alpha value is -0.610. The standard InChI is InChI=1S/C16H33N3O/c1-4-9-18-15(20)12-19(10-5-2)16(13-17)8-6-7-14(3)11-16/h14H,4-13,17H2,1-3H3,(H,18,20). The summed E-state index contributed by atoms with van der Waals surface area (Å²) in [4.78, 5) is 14.4. The van der Waals surface area contributed by atoms with Crippen LogP contribution in [0.25, 0.3) is 0 Å². The van der Waals surface area contributed by atoms with E-state index in [1.54, 1.807) is 0 Å². The lowest BCUT2D eigenvalue weighted by Gasteiger charge is -2.47. The van der Waals surface area contributed by atoms with Crippen LogP contribution in [0.4, 0.5) is 0 Å². The van der Waals surface area contributed by atoms with E-state index in [9.17, 15) is 4.79 Å². The third-order valence-corrected chi connectivity index (χ3v) is 4.52. The zero-order valence-electron chi connectivity index (χ0n) is 13.6. The van der Waals surface area contributed by atoms with Crippen molar-refractivity contribution in [2.45, 2.75) is 64.8 Å². The van der Waals surface area contributed by atoms with Gasteiger partial charge in [0.1, 0.15) is 0 Å². The molecule has 1 aliphatic rings. The number of rotatable bonds is 8. The highest BCUT2D eigenvalue weighted by molar-refractivity contribution is 5.78. The van der Waals surface area contributed by atoms with Gasteiger partial charge in [0, 0.05) is 18.6 Å². The Kier molecular flexibility index (Phi) is 7.52. The lowest BCUT2D eigenvalue weighted by Crippen LogP contribution is -2.58. The molecule has 1 saturated carbocycles. The molecule has 0 aromatic heterocycles. The van der Waals surface area contributed by atoms with Gasteiger partial charge in [0.15, 0.2) is 0 Å². The topological polar surface area (TPSA) is 58.4 Å². The fraction of sp³-hybridized carbons (Fsp3) is 0.938. The summed E-state index contributed by atoms with van der Waals surface area (Å²) in [5, 5.41) is 2.99. The molecular weight excluding hydrogens is 250 g/mol. The summed E-state index contributed by atoms with van der Waals surface area (Å²) in [7, 11) is 0. The van der Waals surface area contributed by atoms with Crippen molar-refractivity contribution in [3.63, 3.8) is 0 Å². The zero-order valence-corrected chi connectivity index (χ0v) is 13.6. The summed E-state index contributed by atoms with van der Waals surface area (Å²) in [6, 6.07) is 0. The first-order valence-corrected chi connectivity index (χ1v) is 8.29. The van der Waals surface area contributed by atoms with Gasteiger partial charge in [0.25, 0.3) is 0 Å². The Morgan fingerprint density at radius 1 is 1.40 bits per heavy atom. The Labute approximate surface area is 124 Å². The average Bonchev–Trinajstić information content (AvgIpc) is 2.44. The number of hydrogen-bond donors (Lipinski definition) is 2. The molecule has 1 amide bonds. The normalized spacial score (nSPS) is 26.8. The van der Waals surface area contributed by atoms with Gasteiger partial charge >= 0.3 is 0 Å². The fourth-order valence-corrected chi connectivity index (χ4v) is 3.48. The van der Waals surface area contributed by atoms with Crippen LogP contribution in [-0.4, -0.2) is 42.5 Å². The molecule has 0 spiro atoms. The summed E-state index contributed by atoms with van der Waals surface area (Å²) in [6.45, 7) is 9.46. The number of carbonyl (C=O) groups excluding carboxylic acids is 1. The molecule has 2 unspecified atom stereocenters. The number of nitrogens with one attached hydrogen (secondary N) is 1. The Morgan fingerprint density at radius 2 is 2.15 bits per heavy atom. The molecule has 0 aromatic carbocycles. The van der Waals surface area contributed by atoms with Crippen LogP contribution in [0.15, 0.2) is 0 Å². The van der Waals surface area contributed by atoms with Gasteiger partial charge in [-0.25, -0.2) is 0 Å². The minimum Gasteiger partial charge on any atom is -0.355 e. The molecule has 3 N–H and O–H groups in total. The molecule has 0 aromatic rings. The van der Waals surface area contributed by atoms with E-state index >= 15 is 0 Å². The molecule has 0 heterocycles. The Balaban J connectivity index is 2.72. The van der Waals surface area contributed by atoms with Crippen molar-refractivity contribution < 1.29 is 4.79 Å². The molecule has 118 valence electrons. The third-order valence-electron chi connectivity index (χ3n) is 4.52. The van der Waals surface area contributed by atoms with E-state index in [0.29, 0.717) is 19.0 Å². The molecule has 0 radical (unpaired) electrons. The van der Waals surface area contributed by atoms with Crippen molar-refractivity contribution >= 4 is 5.91 Å². The predicted molar refractivity (Wildman–Crippen MR) is 84.6 cm³/mol. The van der Waals surface area contributed by atoms with Crippen molar-refractivity contribution in [1.29, 1.82) is 0 Å². The van der Waals surface area contributed by atoms with Crippen molar-refractivity contribution in [2.75, 3.05) is 26.2 Å². The van der Waals surface area contributed by atoms with Crippen LogP contribution in [0.2, 0.25) is 0 Å². The minimum absolute atomic E-state index is 0.0389. The van der Waals surface area contributed by atoms with Crippen molar-refractivity contribution in [2.24, 2.45) is 11.7 Å². The number of nitrogens with two attached hydrogens (primary N) is 1. The average molecular weight is 283 g/mol. The first kappa shape index (κ1) is 17.4. The summed E-state index contributed by atoms with van der Waals surface area (Å²) in [5.41, 5.74) is 6.17. The third kappa shape index (κ3) is 4.74. The van der Waals surface area contributed by atoms with Gasteiger partial charge in [-0.05, 0) is 38.1 Å². The number of nitrogens with zero attached hydrogens (tertiary/aromatic N) is 1. The van der Waals surface area contributed by atoms with Crippen LogP contribution in [0.5, 0.6) is 0 Å². The second kappa shape index (κ2) is 8.63. The number of hydrogen-bond acceptors (Lipinski definition) is 3. The minimum atomic E-state index is 0.0389. The maximum Gasteiger partial charge on any atom is 0.234 e. The highest BCUT2D eigenvalue weighted by atomic mass is 16.2. The Bertz CT molecular complexity index is 295. The second-order valence-corrected chi connectivity index (χ2v) is 6.40. The largest absolute Gasteiger partial charge is 0.355 e. The predicted octanol–water partition coefficient (Wildman–Crippen LogP) is 2.13. The summed E-state index contributed by atoms with van der Waals surface area (Å²) < 4.78 is 0. The van der Waals surface area contributed by atoms with E-state index in [0.717, 1.165) is 38.8 Å². The number of amides is 1. The molecular formula is C16H33N3O. The Morgan fingerprint density at radius 3 is 2.70 bits per heavy atom. The van der Waals surface area contributed by atoms with E-state index in [4.69, 9.17) is 5.73 Å². The van der Waals surface area contributed by atoms with Gasteiger partial charge in [-0.3, -0.25) is 9.69 Å². The van der Waals surface area contributed by atoms with Crippen LogP contribution < -0.4 is 11.1 Å². The second-order valence-electron chi connectivity index (χ2n) is 6.40. The van der Waals surface area contributed by atoms with E-state index in [1.165, 1.54) is 12.8 Å². The molecule has 0 aliphatic heterocycles. The maximum absolute atomic E-state index is 12.1. The molecule has 2 atom stereocenters. The quantitative estimate of drug-likeness (QED) is 0.717. The highest BCUT2D eigenvalue weighted by Crippen LogP contribution is 2.36. The van der Waals surface area contributed by atoms with Crippen LogP contribution in [0.3, 0.4) is 0 Å². The zero-order chi connectivity index (χ0) is 15.0. The lowest BCUT2D eigenvalue weighted by atomic mass is 9.75. The monoisotopic (exact) mass is 283 g/mol. The van der Waals surface area contributed by atoms with Gasteiger partial charge in [0.2, 0.25) is 5.91 Å². The van der Waals surface area contributed by atoms with E-state index < -0.39 is 0 Å². The van der Waals surface area contributed by atoms with Crippen molar-refractivity contribution in [3.05, 3.63) is 0 Å². The van der Waals surface area contributed by atoms with Crippen LogP contribution in [0.1, 0.15) is 59.3 Å². The first-order chi connectivity index (χ1) is 9.57. The maximum atomic E-state index is 12.1. The SMILES string of the molecule is CCCNC(=O)CN(CCC)C1(CN)CCCC(C)C1. The lowest BCUT2D eigenvalue weighted by molar-refractivity contribution is -0.124. The molecule has 1 rings (SSSR count). The summed E-state index contributed by atoms with van der Waals surface area (Å²) in [6.07, 6.45) is 6.84. The van der Waals surface area contributed by atoms with Crippen LogP contribution in [-0.2, 0) is 4.79 Å². The molecule has 20 heavy (non-hydrogen) atoms. The summed E-state index contributed by atoms with van der Waals surface area (Å²) in [5.74, 6) is 0.858. The van der Waals surface area contributed by atoms with Gasteiger partial charge in [-0.15, -0.1) is 0 Å². The van der Waals surface area contributed by atoms with Gasteiger partial charge in [0.05, 0.1) is 6.54 Å².